The Morgan fingerprint density at radius 2 is 2.21 bits per heavy atom. The van der Waals surface area contributed by atoms with E-state index in [-0.39, 0.29) is 6.04 Å². The van der Waals surface area contributed by atoms with Gasteiger partial charge >= 0.3 is 0 Å². The third-order valence-corrected chi connectivity index (χ3v) is 3.32. The van der Waals surface area contributed by atoms with Gasteiger partial charge in [0.2, 0.25) is 0 Å². The minimum absolute atomic E-state index is 0.0559. The van der Waals surface area contributed by atoms with Gasteiger partial charge in [-0.15, -0.1) is 0 Å². The van der Waals surface area contributed by atoms with Crippen LogP contribution < -0.4 is 11.3 Å². The lowest BCUT2D eigenvalue weighted by atomic mass is 10.1. The van der Waals surface area contributed by atoms with Crippen LogP contribution in [0.1, 0.15) is 36.8 Å². The van der Waals surface area contributed by atoms with Gasteiger partial charge < -0.3 is 0 Å². The highest BCUT2D eigenvalue weighted by Crippen LogP contribution is 2.18. The first-order valence-electron chi connectivity index (χ1n) is 6.68. The first-order chi connectivity index (χ1) is 9.17. The van der Waals surface area contributed by atoms with Gasteiger partial charge in [0.1, 0.15) is 0 Å². The van der Waals surface area contributed by atoms with E-state index in [0.717, 1.165) is 30.6 Å². The summed E-state index contributed by atoms with van der Waals surface area (Å²) in [5, 5.41) is 8.75. The summed E-state index contributed by atoms with van der Waals surface area (Å²) in [6, 6.07) is 2.21. The monoisotopic (exact) mass is 262 g/mol. The van der Waals surface area contributed by atoms with Crippen LogP contribution >= 0.6 is 0 Å². The average Bonchev–Trinajstić information content (AvgIpc) is 3.01. The lowest BCUT2D eigenvalue weighted by Gasteiger charge is -2.14. The van der Waals surface area contributed by atoms with Crippen molar-refractivity contribution in [2.24, 2.45) is 12.9 Å². The Kier molecular flexibility index (Phi) is 4.34. The highest BCUT2D eigenvalue weighted by molar-refractivity contribution is 5.17. The zero-order valence-electron chi connectivity index (χ0n) is 11.8. The second-order valence-electron chi connectivity index (χ2n) is 4.67. The van der Waals surface area contributed by atoms with Crippen LogP contribution in [0.25, 0.3) is 0 Å². The van der Waals surface area contributed by atoms with Crippen LogP contribution in [-0.4, -0.2) is 19.6 Å². The van der Waals surface area contributed by atoms with Crippen LogP contribution in [-0.2, 0) is 26.4 Å². The van der Waals surface area contributed by atoms with Crippen molar-refractivity contribution >= 4 is 0 Å². The van der Waals surface area contributed by atoms with Crippen molar-refractivity contribution in [3.05, 3.63) is 35.4 Å². The molecule has 0 aliphatic carbocycles. The van der Waals surface area contributed by atoms with Gasteiger partial charge in [0.15, 0.2) is 0 Å². The molecule has 0 saturated heterocycles. The maximum Gasteiger partial charge on any atom is 0.0624 e. The van der Waals surface area contributed by atoms with Gasteiger partial charge in [0, 0.05) is 37.5 Å². The van der Waals surface area contributed by atoms with Crippen LogP contribution in [0.4, 0.5) is 0 Å². The quantitative estimate of drug-likeness (QED) is 0.600. The molecular weight excluding hydrogens is 240 g/mol. The van der Waals surface area contributed by atoms with Gasteiger partial charge in [0.05, 0.1) is 17.9 Å². The minimum Gasteiger partial charge on any atom is -0.275 e. The fourth-order valence-corrected chi connectivity index (χ4v) is 2.23. The van der Waals surface area contributed by atoms with E-state index in [1.807, 2.05) is 24.1 Å². The van der Waals surface area contributed by atoms with Gasteiger partial charge in [-0.25, -0.2) is 0 Å². The first-order valence-corrected chi connectivity index (χ1v) is 6.68. The number of hydrazine groups is 1. The predicted molar refractivity (Wildman–Crippen MR) is 74.3 cm³/mol. The second kappa shape index (κ2) is 5.99. The summed E-state index contributed by atoms with van der Waals surface area (Å²) in [6.07, 6.45) is 5.59. The van der Waals surface area contributed by atoms with E-state index in [1.165, 1.54) is 5.69 Å². The van der Waals surface area contributed by atoms with Gasteiger partial charge in [-0.1, -0.05) is 6.92 Å². The largest absolute Gasteiger partial charge is 0.275 e. The van der Waals surface area contributed by atoms with Crippen molar-refractivity contribution in [1.29, 1.82) is 0 Å². The van der Waals surface area contributed by atoms with Crippen LogP contribution in [0.2, 0.25) is 0 Å². The number of nitrogens with one attached hydrogen (secondary N) is 1. The van der Waals surface area contributed by atoms with E-state index in [1.54, 1.807) is 4.68 Å². The summed E-state index contributed by atoms with van der Waals surface area (Å²) in [5.74, 6) is 5.68. The Morgan fingerprint density at radius 1 is 1.42 bits per heavy atom. The number of aromatic nitrogens is 4. The molecule has 2 rings (SSSR count). The molecule has 6 nitrogen and oxygen atoms in total. The van der Waals surface area contributed by atoms with E-state index in [4.69, 9.17) is 5.84 Å². The van der Waals surface area contributed by atoms with E-state index in [9.17, 15) is 0 Å². The second-order valence-corrected chi connectivity index (χ2v) is 4.67. The number of nitrogens with two attached hydrogens (primary N) is 1. The Labute approximate surface area is 113 Å². The van der Waals surface area contributed by atoms with Crippen molar-refractivity contribution in [2.45, 2.75) is 39.3 Å². The van der Waals surface area contributed by atoms with Crippen LogP contribution in [0, 0.1) is 0 Å². The van der Waals surface area contributed by atoms with Gasteiger partial charge in [-0.3, -0.25) is 20.6 Å². The Balaban J connectivity index is 2.20. The molecule has 3 N–H and O–H groups in total. The summed E-state index contributed by atoms with van der Waals surface area (Å²) in [6.45, 7) is 5.09. The highest BCUT2D eigenvalue weighted by Gasteiger charge is 2.15. The molecule has 1 unspecified atom stereocenters. The Hall–Kier alpha value is -1.66. The third kappa shape index (κ3) is 3.02. The van der Waals surface area contributed by atoms with E-state index in [2.05, 4.69) is 35.5 Å². The summed E-state index contributed by atoms with van der Waals surface area (Å²) < 4.78 is 3.83. The lowest BCUT2D eigenvalue weighted by Crippen LogP contribution is -2.30. The molecule has 104 valence electrons. The maximum absolute atomic E-state index is 5.68. The van der Waals surface area contributed by atoms with Crippen molar-refractivity contribution in [3.63, 3.8) is 0 Å². The molecule has 6 heteroatoms. The molecule has 0 radical (unpaired) electrons. The summed E-state index contributed by atoms with van der Waals surface area (Å²) in [5.41, 5.74) is 6.28. The molecule has 0 fully saturated rings. The number of hydrogen-bond donors (Lipinski definition) is 2. The molecule has 0 aromatic carbocycles. The smallest absolute Gasteiger partial charge is 0.0624 e. The molecule has 2 aromatic heterocycles. The van der Waals surface area contributed by atoms with Crippen molar-refractivity contribution in [3.8, 4) is 0 Å². The zero-order chi connectivity index (χ0) is 13.8. The average molecular weight is 262 g/mol. The standard InChI is InChI=1S/C13H22N6/c1-4-11-6-12(19(5-2)17-11)7-13(16-14)10-8-15-18(3)9-10/h6,8-9,13,16H,4-5,7,14H2,1-3H3. The first kappa shape index (κ1) is 13.8. The van der Waals surface area contributed by atoms with Gasteiger partial charge in [-0.05, 0) is 19.4 Å². The third-order valence-electron chi connectivity index (χ3n) is 3.32. The molecule has 0 saturated carbocycles. The Bertz CT molecular complexity index is 527. The normalized spacial score (nSPS) is 12.8. The molecule has 0 bridgehead atoms. The molecule has 19 heavy (non-hydrogen) atoms. The number of hydrogen-bond acceptors (Lipinski definition) is 4. The molecular formula is C13H22N6. The van der Waals surface area contributed by atoms with Crippen molar-refractivity contribution < 1.29 is 0 Å². The summed E-state index contributed by atoms with van der Waals surface area (Å²) in [7, 11) is 1.91. The fourth-order valence-electron chi connectivity index (χ4n) is 2.23. The maximum atomic E-state index is 5.68. The molecule has 2 aromatic rings. The zero-order valence-corrected chi connectivity index (χ0v) is 11.8. The summed E-state index contributed by atoms with van der Waals surface area (Å²) >= 11 is 0. The molecule has 0 aliphatic heterocycles. The molecule has 0 aliphatic rings. The van der Waals surface area contributed by atoms with E-state index >= 15 is 0 Å². The van der Waals surface area contributed by atoms with Crippen LogP contribution in [0.15, 0.2) is 18.5 Å². The van der Waals surface area contributed by atoms with Crippen molar-refractivity contribution in [1.82, 2.24) is 25.0 Å². The molecule has 1 atom stereocenters. The molecule has 2 heterocycles. The van der Waals surface area contributed by atoms with Gasteiger partial charge in [-0.2, -0.15) is 10.2 Å². The number of rotatable bonds is 6. The van der Waals surface area contributed by atoms with E-state index in [0.29, 0.717) is 0 Å². The topological polar surface area (TPSA) is 73.7 Å². The molecule has 0 spiro atoms. The van der Waals surface area contributed by atoms with Crippen LogP contribution in [0.5, 0.6) is 0 Å². The highest BCUT2D eigenvalue weighted by atomic mass is 15.3. The van der Waals surface area contributed by atoms with E-state index < -0.39 is 0 Å². The van der Waals surface area contributed by atoms with Crippen LogP contribution in [0.3, 0.4) is 0 Å². The summed E-state index contributed by atoms with van der Waals surface area (Å²) in [4.78, 5) is 0. The van der Waals surface area contributed by atoms with Crippen molar-refractivity contribution in [2.75, 3.05) is 0 Å². The fraction of sp³-hybridized carbons (Fsp3) is 0.538. The number of aryl methyl sites for hydroxylation is 3. The predicted octanol–water partition coefficient (Wildman–Crippen LogP) is 0.946. The number of nitrogens with zero attached hydrogens (tertiary/aromatic N) is 4. The van der Waals surface area contributed by atoms with Gasteiger partial charge in [0.25, 0.3) is 0 Å². The molecule has 0 amide bonds. The Morgan fingerprint density at radius 3 is 2.74 bits per heavy atom. The minimum atomic E-state index is 0.0559. The lowest BCUT2D eigenvalue weighted by molar-refractivity contribution is 0.516. The SMILES string of the molecule is CCc1cc(CC(NN)c2cnn(C)c2)n(CC)n1.